The van der Waals surface area contributed by atoms with Crippen LogP contribution in [0.3, 0.4) is 0 Å². The fourth-order valence-electron chi connectivity index (χ4n) is 3.06. The van der Waals surface area contributed by atoms with Gasteiger partial charge in [-0.1, -0.05) is 12.0 Å². The lowest BCUT2D eigenvalue weighted by molar-refractivity contribution is -0.0696. The molecule has 138 valence electrons. The van der Waals surface area contributed by atoms with Crippen LogP contribution >= 0.6 is 0 Å². The fourth-order valence-corrected chi connectivity index (χ4v) is 3.06. The molecular formula is C19H14F6O. The predicted molar refractivity (Wildman–Crippen MR) is 84.1 cm³/mol. The molecule has 1 fully saturated rings. The van der Waals surface area contributed by atoms with Gasteiger partial charge in [0.15, 0.2) is 5.82 Å². The van der Waals surface area contributed by atoms with E-state index in [4.69, 9.17) is 4.74 Å². The molecule has 2 atom stereocenters. The maximum atomic E-state index is 14.5. The highest BCUT2D eigenvalue weighted by Gasteiger charge is 2.25. The summed E-state index contributed by atoms with van der Waals surface area (Å²) in [6.07, 6.45) is -3.29. The smallest absolute Gasteiger partial charge is 0.378 e. The van der Waals surface area contributed by atoms with Gasteiger partial charge in [-0.15, -0.1) is 0 Å². The molecule has 26 heavy (non-hydrogen) atoms. The lowest BCUT2D eigenvalue weighted by Crippen LogP contribution is -2.22. The van der Waals surface area contributed by atoms with E-state index in [1.165, 1.54) is 12.0 Å². The van der Waals surface area contributed by atoms with Gasteiger partial charge in [-0.25, -0.2) is 13.2 Å². The molecule has 0 aliphatic carbocycles. The monoisotopic (exact) mass is 372 g/mol. The van der Waals surface area contributed by atoms with Gasteiger partial charge in [0.2, 0.25) is 0 Å². The van der Waals surface area contributed by atoms with Crippen LogP contribution in [0.25, 0.3) is 10.8 Å². The molecule has 2 aromatic rings. The van der Waals surface area contributed by atoms with E-state index in [0.717, 1.165) is 30.9 Å². The summed E-state index contributed by atoms with van der Waals surface area (Å²) in [5.74, 6) is -1.57. The van der Waals surface area contributed by atoms with Gasteiger partial charge in [0, 0.05) is 11.8 Å². The lowest BCUT2D eigenvalue weighted by Gasteiger charge is -2.27. The van der Waals surface area contributed by atoms with Crippen molar-refractivity contribution in [2.75, 3.05) is 6.61 Å². The SMILES string of the molecule is CC1CCC(c2cc(F)c3c(F)c(C#CC(F)(F)F)c(F)cc3c2)CO1. The van der Waals surface area contributed by atoms with Crippen molar-refractivity contribution < 1.29 is 31.1 Å². The third-order valence-corrected chi connectivity index (χ3v) is 4.41. The van der Waals surface area contributed by atoms with Crippen molar-refractivity contribution in [2.45, 2.75) is 38.0 Å². The van der Waals surface area contributed by atoms with Crippen molar-refractivity contribution >= 4 is 10.8 Å². The molecule has 0 spiro atoms. The van der Waals surface area contributed by atoms with Crippen molar-refractivity contribution in [3.8, 4) is 11.8 Å². The third-order valence-electron chi connectivity index (χ3n) is 4.41. The van der Waals surface area contributed by atoms with Crippen LogP contribution in [0.15, 0.2) is 18.2 Å². The van der Waals surface area contributed by atoms with E-state index in [1.54, 1.807) is 0 Å². The summed E-state index contributed by atoms with van der Waals surface area (Å²) >= 11 is 0. The minimum Gasteiger partial charge on any atom is -0.378 e. The molecule has 1 nitrogen and oxygen atoms in total. The minimum atomic E-state index is -4.91. The van der Waals surface area contributed by atoms with Gasteiger partial charge < -0.3 is 4.74 Å². The highest BCUT2D eigenvalue weighted by atomic mass is 19.4. The highest BCUT2D eigenvalue weighted by Crippen LogP contribution is 2.33. The lowest BCUT2D eigenvalue weighted by atomic mass is 9.89. The van der Waals surface area contributed by atoms with Gasteiger partial charge in [0.1, 0.15) is 11.6 Å². The molecule has 7 heteroatoms. The van der Waals surface area contributed by atoms with Crippen LogP contribution in [0.1, 0.15) is 36.8 Å². The summed E-state index contributed by atoms with van der Waals surface area (Å²) in [6, 6.07) is 3.36. The third kappa shape index (κ3) is 3.80. The first kappa shape index (κ1) is 18.6. The normalized spacial score (nSPS) is 20.7. The number of ether oxygens (including phenoxy) is 1. The molecule has 1 aliphatic rings. The van der Waals surface area contributed by atoms with E-state index < -0.39 is 34.6 Å². The number of halogens is 6. The van der Waals surface area contributed by atoms with Gasteiger partial charge in [-0.3, -0.25) is 0 Å². The number of hydrogen-bond donors (Lipinski definition) is 0. The molecular weight excluding hydrogens is 358 g/mol. The van der Waals surface area contributed by atoms with E-state index in [2.05, 4.69) is 0 Å². The second kappa shape index (κ2) is 6.84. The summed E-state index contributed by atoms with van der Waals surface area (Å²) < 4.78 is 85.0. The predicted octanol–water partition coefficient (Wildman–Crippen LogP) is 5.45. The van der Waals surface area contributed by atoms with Crippen LogP contribution in [0.4, 0.5) is 26.3 Å². The van der Waals surface area contributed by atoms with Crippen molar-refractivity contribution in [3.05, 3.63) is 46.8 Å². The Labute approximate surface area is 145 Å². The molecule has 0 bridgehead atoms. The molecule has 1 aliphatic heterocycles. The highest BCUT2D eigenvalue weighted by molar-refractivity contribution is 5.86. The van der Waals surface area contributed by atoms with Crippen LogP contribution in [0.2, 0.25) is 0 Å². The van der Waals surface area contributed by atoms with Crippen LogP contribution in [-0.2, 0) is 4.74 Å². The zero-order valence-corrected chi connectivity index (χ0v) is 13.7. The van der Waals surface area contributed by atoms with E-state index in [9.17, 15) is 26.3 Å². The van der Waals surface area contributed by atoms with E-state index in [0.29, 0.717) is 12.2 Å². The van der Waals surface area contributed by atoms with Gasteiger partial charge in [0.25, 0.3) is 0 Å². The largest absolute Gasteiger partial charge is 0.458 e. The summed E-state index contributed by atoms with van der Waals surface area (Å²) in [4.78, 5) is 0. The molecule has 2 unspecified atom stereocenters. The maximum absolute atomic E-state index is 14.5. The Morgan fingerprint density at radius 2 is 1.77 bits per heavy atom. The zero-order valence-electron chi connectivity index (χ0n) is 13.7. The van der Waals surface area contributed by atoms with E-state index >= 15 is 0 Å². The van der Waals surface area contributed by atoms with Crippen LogP contribution in [0, 0.1) is 29.3 Å². The standard InChI is InChI=1S/C19H14F6O/c1-10-2-3-11(9-26-10)12-6-13-8-15(20)14(4-5-19(23,24)25)18(22)17(13)16(21)7-12/h6-8,10-11H,2-3,9H2,1H3. The molecule has 2 aromatic carbocycles. The van der Waals surface area contributed by atoms with Crippen molar-refractivity contribution in [1.29, 1.82) is 0 Å². The fraction of sp³-hybridized carbons (Fsp3) is 0.368. The van der Waals surface area contributed by atoms with Gasteiger partial charge in [-0.05, 0) is 42.8 Å². The number of benzene rings is 2. The van der Waals surface area contributed by atoms with Crippen LogP contribution < -0.4 is 0 Å². The summed E-state index contributed by atoms with van der Waals surface area (Å²) in [6.45, 7) is 2.29. The first-order chi connectivity index (χ1) is 12.2. The molecule has 0 radical (unpaired) electrons. The second-order valence-electron chi connectivity index (χ2n) is 6.31. The Morgan fingerprint density at radius 3 is 2.38 bits per heavy atom. The second-order valence-corrected chi connectivity index (χ2v) is 6.31. The molecule has 0 N–H and O–H groups in total. The number of rotatable bonds is 1. The number of alkyl halides is 3. The summed E-state index contributed by atoms with van der Waals surface area (Å²) in [7, 11) is 0. The Balaban J connectivity index is 2.08. The Bertz CT molecular complexity index is 898. The molecule has 1 heterocycles. The first-order valence-corrected chi connectivity index (χ1v) is 7.98. The molecule has 1 saturated heterocycles. The van der Waals surface area contributed by atoms with E-state index in [-0.39, 0.29) is 17.4 Å². The summed E-state index contributed by atoms with van der Waals surface area (Å²) in [5, 5.41) is -0.641. The quantitative estimate of drug-likeness (QED) is 0.478. The van der Waals surface area contributed by atoms with Gasteiger partial charge in [0.05, 0.1) is 23.7 Å². The topological polar surface area (TPSA) is 9.23 Å². The molecule has 0 amide bonds. The first-order valence-electron chi connectivity index (χ1n) is 7.98. The van der Waals surface area contributed by atoms with Crippen molar-refractivity contribution in [3.63, 3.8) is 0 Å². The Morgan fingerprint density at radius 1 is 1.04 bits per heavy atom. The number of fused-ring (bicyclic) bond motifs is 1. The van der Waals surface area contributed by atoms with Crippen molar-refractivity contribution in [2.24, 2.45) is 0 Å². The zero-order chi connectivity index (χ0) is 19.1. The molecule has 0 aromatic heterocycles. The van der Waals surface area contributed by atoms with E-state index in [1.807, 2.05) is 6.92 Å². The van der Waals surface area contributed by atoms with Gasteiger partial charge in [-0.2, -0.15) is 13.2 Å². The van der Waals surface area contributed by atoms with Gasteiger partial charge >= 0.3 is 6.18 Å². The summed E-state index contributed by atoms with van der Waals surface area (Å²) in [5.41, 5.74) is -0.564. The molecule has 3 rings (SSSR count). The Kier molecular flexibility index (Phi) is 4.89. The van der Waals surface area contributed by atoms with Crippen molar-refractivity contribution in [1.82, 2.24) is 0 Å². The van der Waals surface area contributed by atoms with Crippen LogP contribution in [-0.4, -0.2) is 18.9 Å². The number of hydrogen-bond acceptors (Lipinski definition) is 1. The van der Waals surface area contributed by atoms with Crippen LogP contribution in [0.5, 0.6) is 0 Å². The minimum absolute atomic E-state index is 0.0637. The average molecular weight is 372 g/mol. The average Bonchev–Trinajstić information content (AvgIpc) is 2.53. The molecule has 0 saturated carbocycles. The maximum Gasteiger partial charge on any atom is 0.458 e. The Hall–Kier alpha value is -2.20.